The second kappa shape index (κ2) is 4.13. The van der Waals surface area contributed by atoms with Crippen molar-refractivity contribution in [1.29, 1.82) is 0 Å². The fourth-order valence-corrected chi connectivity index (χ4v) is 1.58. The molecule has 0 saturated heterocycles. The molecule has 1 aromatic carbocycles. The van der Waals surface area contributed by atoms with Crippen molar-refractivity contribution in [2.24, 2.45) is 0 Å². The quantitative estimate of drug-likeness (QED) is 0.776. The molecule has 0 bridgehead atoms. The summed E-state index contributed by atoms with van der Waals surface area (Å²) in [4.78, 5) is 10.5. The summed E-state index contributed by atoms with van der Waals surface area (Å²) in [5.41, 5.74) is 1.91. The molecule has 1 aromatic rings. The molecule has 0 aliphatic carbocycles. The first-order valence-corrected chi connectivity index (χ1v) is 4.52. The van der Waals surface area contributed by atoms with Crippen LogP contribution in [0, 0.1) is 6.92 Å². The van der Waals surface area contributed by atoms with Crippen molar-refractivity contribution in [1.82, 2.24) is 0 Å². The van der Waals surface area contributed by atoms with E-state index in [0.717, 1.165) is 11.1 Å². The van der Waals surface area contributed by atoms with Gasteiger partial charge >= 0.3 is 5.97 Å². The van der Waals surface area contributed by atoms with Crippen LogP contribution in [0.2, 0.25) is 0 Å². The van der Waals surface area contributed by atoms with Gasteiger partial charge in [0.1, 0.15) is 5.75 Å². The monoisotopic (exact) mass is 194 g/mol. The molecule has 1 atom stereocenters. The molecule has 3 heteroatoms. The smallest absolute Gasteiger partial charge is 0.303 e. The van der Waals surface area contributed by atoms with Gasteiger partial charge in [0.2, 0.25) is 0 Å². The molecular weight excluding hydrogens is 180 g/mol. The highest BCUT2D eigenvalue weighted by atomic mass is 16.4. The fourth-order valence-electron chi connectivity index (χ4n) is 1.58. The molecule has 1 rings (SSSR count). The number of aryl methyl sites for hydroxylation is 1. The van der Waals surface area contributed by atoms with E-state index in [-0.39, 0.29) is 18.1 Å². The van der Waals surface area contributed by atoms with Crippen molar-refractivity contribution in [2.75, 3.05) is 0 Å². The number of hydrogen-bond donors (Lipinski definition) is 2. The average molecular weight is 194 g/mol. The second-order valence-electron chi connectivity index (χ2n) is 3.54. The summed E-state index contributed by atoms with van der Waals surface area (Å²) < 4.78 is 0. The Bertz CT molecular complexity index is 344. The van der Waals surface area contributed by atoms with Gasteiger partial charge in [0.05, 0.1) is 6.42 Å². The zero-order valence-electron chi connectivity index (χ0n) is 8.32. The predicted molar refractivity (Wildman–Crippen MR) is 53.5 cm³/mol. The van der Waals surface area contributed by atoms with Crippen molar-refractivity contribution < 1.29 is 15.0 Å². The third-order valence-corrected chi connectivity index (χ3v) is 2.27. The van der Waals surface area contributed by atoms with Gasteiger partial charge in [-0.25, -0.2) is 0 Å². The van der Waals surface area contributed by atoms with Crippen LogP contribution < -0.4 is 0 Å². The van der Waals surface area contributed by atoms with Gasteiger partial charge in [-0.05, 0) is 36.1 Å². The summed E-state index contributed by atoms with van der Waals surface area (Å²) in [7, 11) is 0. The average Bonchev–Trinajstić information content (AvgIpc) is 2.01. The molecule has 14 heavy (non-hydrogen) atoms. The maximum absolute atomic E-state index is 10.5. The number of carbonyl (C=O) groups is 1. The van der Waals surface area contributed by atoms with Crippen molar-refractivity contribution in [3.8, 4) is 5.75 Å². The maximum atomic E-state index is 10.5. The summed E-state index contributed by atoms with van der Waals surface area (Å²) in [6, 6.07) is 5.01. The zero-order valence-corrected chi connectivity index (χ0v) is 8.32. The molecule has 0 aliphatic heterocycles. The minimum Gasteiger partial charge on any atom is -0.508 e. The molecule has 0 radical (unpaired) electrons. The van der Waals surface area contributed by atoms with Crippen molar-refractivity contribution >= 4 is 5.97 Å². The lowest BCUT2D eigenvalue weighted by atomic mass is 9.94. The number of carboxylic acids is 1. The van der Waals surface area contributed by atoms with E-state index in [9.17, 15) is 9.90 Å². The Morgan fingerprint density at radius 3 is 2.64 bits per heavy atom. The minimum atomic E-state index is -0.801. The minimum absolute atomic E-state index is 0.0203. The number of aliphatic carboxylic acids is 1. The van der Waals surface area contributed by atoms with Gasteiger partial charge in [-0.2, -0.15) is 0 Å². The molecule has 0 aliphatic rings. The van der Waals surface area contributed by atoms with Crippen LogP contribution in [0.4, 0.5) is 0 Å². The lowest BCUT2D eigenvalue weighted by Gasteiger charge is -2.12. The molecule has 0 aromatic heterocycles. The first kappa shape index (κ1) is 10.6. The lowest BCUT2D eigenvalue weighted by Crippen LogP contribution is -2.04. The highest BCUT2D eigenvalue weighted by Crippen LogP contribution is 2.25. The van der Waals surface area contributed by atoms with Crippen LogP contribution >= 0.6 is 0 Å². The van der Waals surface area contributed by atoms with Gasteiger partial charge in [0, 0.05) is 0 Å². The van der Waals surface area contributed by atoms with Gasteiger partial charge < -0.3 is 10.2 Å². The van der Waals surface area contributed by atoms with E-state index in [1.807, 2.05) is 13.8 Å². The van der Waals surface area contributed by atoms with Crippen LogP contribution in [-0.2, 0) is 4.79 Å². The summed E-state index contributed by atoms with van der Waals surface area (Å²) in [6.07, 6.45) is 0.117. The number of carboxylic acid groups (broad SMARTS) is 1. The Kier molecular flexibility index (Phi) is 3.12. The summed E-state index contributed by atoms with van der Waals surface area (Å²) in [5.74, 6) is -0.605. The Morgan fingerprint density at radius 2 is 2.14 bits per heavy atom. The van der Waals surface area contributed by atoms with Crippen LogP contribution in [-0.4, -0.2) is 16.2 Å². The Hall–Kier alpha value is -1.51. The van der Waals surface area contributed by atoms with Crippen LogP contribution in [0.3, 0.4) is 0 Å². The normalized spacial score (nSPS) is 12.4. The Balaban J connectivity index is 2.90. The van der Waals surface area contributed by atoms with E-state index in [1.165, 1.54) is 0 Å². The topological polar surface area (TPSA) is 57.5 Å². The number of phenolic OH excluding ortho intramolecular Hbond substituents is 1. The third-order valence-electron chi connectivity index (χ3n) is 2.27. The molecular formula is C11H14O3. The van der Waals surface area contributed by atoms with Crippen LogP contribution in [0.25, 0.3) is 0 Å². The van der Waals surface area contributed by atoms with Crippen LogP contribution in [0.5, 0.6) is 5.75 Å². The summed E-state index contributed by atoms with van der Waals surface area (Å²) in [6.45, 7) is 3.74. The standard InChI is InChI=1S/C11H14O3/c1-7-5-9(12)3-4-10(7)8(2)6-11(13)14/h3-5,8,12H,6H2,1-2H3,(H,13,14). The highest BCUT2D eigenvalue weighted by Gasteiger charge is 2.12. The summed E-state index contributed by atoms with van der Waals surface area (Å²) in [5, 5.41) is 17.8. The Morgan fingerprint density at radius 1 is 1.50 bits per heavy atom. The number of rotatable bonds is 3. The SMILES string of the molecule is Cc1cc(O)ccc1C(C)CC(=O)O. The third kappa shape index (κ3) is 2.49. The summed E-state index contributed by atoms with van der Waals surface area (Å²) >= 11 is 0. The molecule has 2 N–H and O–H groups in total. The number of aromatic hydroxyl groups is 1. The predicted octanol–water partition coefficient (Wildman–Crippen LogP) is 2.28. The largest absolute Gasteiger partial charge is 0.508 e. The van der Waals surface area contributed by atoms with Crippen molar-refractivity contribution in [3.63, 3.8) is 0 Å². The number of benzene rings is 1. The van der Waals surface area contributed by atoms with Gasteiger partial charge in [0.15, 0.2) is 0 Å². The molecule has 1 unspecified atom stereocenters. The highest BCUT2D eigenvalue weighted by molar-refractivity contribution is 5.68. The van der Waals surface area contributed by atoms with E-state index in [0.29, 0.717) is 0 Å². The molecule has 0 fully saturated rings. The van der Waals surface area contributed by atoms with Gasteiger partial charge in [-0.3, -0.25) is 4.79 Å². The van der Waals surface area contributed by atoms with E-state index in [1.54, 1.807) is 18.2 Å². The zero-order chi connectivity index (χ0) is 10.7. The molecule has 0 spiro atoms. The maximum Gasteiger partial charge on any atom is 0.303 e. The van der Waals surface area contributed by atoms with Gasteiger partial charge in [0.25, 0.3) is 0 Å². The molecule has 0 amide bonds. The van der Waals surface area contributed by atoms with Crippen molar-refractivity contribution in [3.05, 3.63) is 29.3 Å². The Labute approximate surface area is 83.0 Å². The molecule has 76 valence electrons. The van der Waals surface area contributed by atoms with E-state index in [4.69, 9.17) is 5.11 Å². The fraction of sp³-hybridized carbons (Fsp3) is 0.364. The molecule has 3 nitrogen and oxygen atoms in total. The number of hydrogen-bond acceptors (Lipinski definition) is 2. The van der Waals surface area contributed by atoms with Crippen LogP contribution in [0.15, 0.2) is 18.2 Å². The lowest BCUT2D eigenvalue weighted by molar-refractivity contribution is -0.137. The van der Waals surface area contributed by atoms with Crippen molar-refractivity contribution in [2.45, 2.75) is 26.2 Å². The first-order valence-electron chi connectivity index (χ1n) is 4.52. The van der Waals surface area contributed by atoms with Gasteiger partial charge in [-0.15, -0.1) is 0 Å². The first-order chi connectivity index (χ1) is 6.50. The number of phenols is 1. The second-order valence-corrected chi connectivity index (χ2v) is 3.54. The van der Waals surface area contributed by atoms with E-state index >= 15 is 0 Å². The van der Waals surface area contributed by atoms with E-state index < -0.39 is 5.97 Å². The molecule has 0 saturated carbocycles. The molecule has 0 heterocycles. The van der Waals surface area contributed by atoms with E-state index in [2.05, 4.69) is 0 Å². The van der Waals surface area contributed by atoms with Gasteiger partial charge in [-0.1, -0.05) is 13.0 Å². The van der Waals surface area contributed by atoms with Crippen LogP contribution in [0.1, 0.15) is 30.4 Å².